The highest BCUT2D eigenvalue weighted by atomic mass is 32.1. The van der Waals surface area contributed by atoms with Gasteiger partial charge in [0.25, 0.3) is 0 Å². The van der Waals surface area contributed by atoms with Crippen molar-refractivity contribution in [1.29, 1.82) is 0 Å². The summed E-state index contributed by atoms with van der Waals surface area (Å²) < 4.78 is 5.75. The molecule has 0 aliphatic rings. The molecule has 0 saturated heterocycles. The summed E-state index contributed by atoms with van der Waals surface area (Å²) in [5.41, 5.74) is 1.29. The van der Waals surface area contributed by atoms with Crippen LogP contribution in [0.15, 0.2) is 30.5 Å². The third kappa shape index (κ3) is 4.04. The van der Waals surface area contributed by atoms with Crippen molar-refractivity contribution < 1.29 is 9.84 Å². The molecule has 0 atom stereocenters. The molecule has 3 nitrogen and oxygen atoms in total. The molecule has 0 radical (unpaired) electrons. The number of hydrogen-bond donors (Lipinski definition) is 1. The van der Waals surface area contributed by atoms with Crippen molar-refractivity contribution in [2.45, 2.75) is 32.8 Å². The van der Waals surface area contributed by atoms with E-state index in [0.717, 1.165) is 22.1 Å². The average Bonchev–Trinajstić information content (AvgIpc) is 2.87. The summed E-state index contributed by atoms with van der Waals surface area (Å²) in [7, 11) is 0. The topological polar surface area (TPSA) is 42.4 Å². The van der Waals surface area contributed by atoms with Crippen LogP contribution in [0, 0.1) is 0 Å². The number of rotatable bonds is 6. The van der Waals surface area contributed by atoms with Crippen molar-refractivity contribution in [3.63, 3.8) is 0 Å². The Labute approximate surface area is 117 Å². The molecule has 2 rings (SSSR count). The van der Waals surface area contributed by atoms with Gasteiger partial charge in [0.05, 0.1) is 23.1 Å². The molecule has 0 aliphatic heterocycles. The van der Waals surface area contributed by atoms with Gasteiger partial charge < -0.3 is 9.84 Å². The molecule has 1 aromatic carbocycles. The summed E-state index contributed by atoms with van der Waals surface area (Å²) in [5, 5.41) is 9.98. The number of benzene rings is 1. The Morgan fingerprint density at radius 3 is 2.89 bits per heavy atom. The molecule has 1 N–H and O–H groups in total. The van der Waals surface area contributed by atoms with Crippen molar-refractivity contribution >= 4 is 11.3 Å². The first-order valence-corrected chi connectivity index (χ1v) is 7.28. The van der Waals surface area contributed by atoms with Crippen LogP contribution in [0.5, 0.6) is 5.75 Å². The van der Waals surface area contributed by atoms with E-state index in [9.17, 15) is 0 Å². The minimum atomic E-state index is 0.0644. The third-order valence-electron chi connectivity index (χ3n) is 2.87. The molecule has 1 heterocycles. The van der Waals surface area contributed by atoms with E-state index >= 15 is 0 Å². The SMILES string of the molecule is CC(C)c1cccc(OCCc2ncc(CO)s2)c1. The van der Waals surface area contributed by atoms with Gasteiger partial charge >= 0.3 is 0 Å². The zero-order valence-corrected chi connectivity index (χ0v) is 12.1. The largest absolute Gasteiger partial charge is 0.493 e. The highest BCUT2D eigenvalue weighted by Crippen LogP contribution is 2.20. The smallest absolute Gasteiger partial charge is 0.119 e. The molecule has 0 bridgehead atoms. The Kier molecular flexibility index (Phi) is 4.93. The van der Waals surface area contributed by atoms with Crippen molar-refractivity contribution in [1.82, 2.24) is 4.98 Å². The van der Waals surface area contributed by atoms with Gasteiger partial charge in [0, 0.05) is 12.6 Å². The quantitative estimate of drug-likeness (QED) is 0.880. The van der Waals surface area contributed by atoms with E-state index < -0.39 is 0 Å². The minimum Gasteiger partial charge on any atom is -0.493 e. The van der Waals surface area contributed by atoms with E-state index in [-0.39, 0.29) is 6.61 Å². The van der Waals surface area contributed by atoms with E-state index in [2.05, 4.69) is 31.0 Å². The molecular formula is C15H19NO2S. The average molecular weight is 277 g/mol. The van der Waals surface area contributed by atoms with E-state index in [1.807, 2.05) is 12.1 Å². The van der Waals surface area contributed by atoms with Crippen LogP contribution >= 0.6 is 11.3 Å². The number of nitrogens with zero attached hydrogens (tertiary/aromatic N) is 1. The Balaban J connectivity index is 1.86. The number of aliphatic hydroxyl groups is 1. The molecule has 1 aromatic heterocycles. The Morgan fingerprint density at radius 1 is 1.37 bits per heavy atom. The van der Waals surface area contributed by atoms with Gasteiger partial charge in [-0.2, -0.15) is 0 Å². The number of thiazole rings is 1. The number of aromatic nitrogens is 1. The van der Waals surface area contributed by atoms with Crippen molar-refractivity contribution in [2.75, 3.05) is 6.61 Å². The summed E-state index contributed by atoms with van der Waals surface area (Å²) in [6, 6.07) is 8.21. The van der Waals surface area contributed by atoms with Gasteiger partial charge in [0.15, 0.2) is 0 Å². The Morgan fingerprint density at radius 2 is 2.21 bits per heavy atom. The molecule has 0 amide bonds. The van der Waals surface area contributed by atoms with Crippen LogP contribution in [-0.4, -0.2) is 16.7 Å². The molecule has 2 aromatic rings. The standard InChI is InChI=1S/C15H19NO2S/c1-11(2)12-4-3-5-13(8-12)18-7-6-15-16-9-14(10-17)19-15/h3-5,8-9,11,17H,6-7,10H2,1-2H3. The second-order valence-electron chi connectivity index (χ2n) is 4.70. The van der Waals surface area contributed by atoms with Crippen LogP contribution in [-0.2, 0) is 13.0 Å². The predicted octanol–water partition coefficient (Wildman–Crippen LogP) is 3.38. The fraction of sp³-hybridized carbons (Fsp3) is 0.400. The molecule has 0 spiro atoms. The maximum atomic E-state index is 8.98. The highest BCUT2D eigenvalue weighted by molar-refractivity contribution is 7.11. The lowest BCUT2D eigenvalue weighted by Crippen LogP contribution is -2.01. The van der Waals surface area contributed by atoms with Crippen LogP contribution in [0.25, 0.3) is 0 Å². The van der Waals surface area contributed by atoms with E-state index in [1.165, 1.54) is 16.9 Å². The maximum Gasteiger partial charge on any atom is 0.119 e. The molecule has 0 unspecified atom stereocenters. The van der Waals surface area contributed by atoms with Crippen molar-refractivity contribution in [3.8, 4) is 5.75 Å². The minimum absolute atomic E-state index is 0.0644. The number of ether oxygens (including phenoxy) is 1. The van der Waals surface area contributed by atoms with Crippen LogP contribution in [0.1, 0.15) is 35.2 Å². The lowest BCUT2D eigenvalue weighted by molar-refractivity contribution is 0.285. The molecule has 19 heavy (non-hydrogen) atoms. The van der Waals surface area contributed by atoms with Gasteiger partial charge in [-0.1, -0.05) is 26.0 Å². The second-order valence-corrected chi connectivity index (χ2v) is 5.90. The van der Waals surface area contributed by atoms with Crippen molar-refractivity contribution in [3.05, 3.63) is 45.9 Å². The van der Waals surface area contributed by atoms with E-state index in [1.54, 1.807) is 6.20 Å². The van der Waals surface area contributed by atoms with Gasteiger partial charge in [-0.15, -0.1) is 11.3 Å². The van der Waals surface area contributed by atoms with Gasteiger partial charge in [-0.25, -0.2) is 4.98 Å². The molecule has 0 saturated carbocycles. The van der Waals surface area contributed by atoms with Gasteiger partial charge in [-0.3, -0.25) is 0 Å². The lowest BCUT2D eigenvalue weighted by Gasteiger charge is -2.09. The maximum absolute atomic E-state index is 8.98. The lowest BCUT2D eigenvalue weighted by atomic mass is 10.0. The van der Waals surface area contributed by atoms with Gasteiger partial charge in [0.2, 0.25) is 0 Å². The zero-order valence-electron chi connectivity index (χ0n) is 11.3. The van der Waals surface area contributed by atoms with Crippen LogP contribution < -0.4 is 4.74 Å². The normalized spacial score (nSPS) is 10.9. The van der Waals surface area contributed by atoms with Gasteiger partial charge in [0.1, 0.15) is 5.75 Å². The first-order chi connectivity index (χ1) is 9.19. The van der Waals surface area contributed by atoms with Crippen LogP contribution in [0.2, 0.25) is 0 Å². The first-order valence-electron chi connectivity index (χ1n) is 6.46. The monoisotopic (exact) mass is 277 g/mol. The van der Waals surface area contributed by atoms with E-state index in [0.29, 0.717) is 12.5 Å². The van der Waals surface area contributed by atoms with Crippen LogP contribution in [0.4, 0.5) is 0 Å². The second kappa shape index (κ2) is 6.68. The first kappa shape index (κ1) is 14.0. The summed E-state index contributed by atoms with van der Waals surface area (Å²) in [6.07, 6.45) is 2.50. The highest BCUT2D eigenvalue weighted by Gasteiger charge is 2.03. The molecule has 102 valence electrons. The Bertz CT molecular complexity index is 522. The Hall–Kier alpha value is -1.39. The molecular weight excluding hydrogens is 258 g/mol. The predicted molar refractivity (Wildman–Crippen MR) is 77.8 cm³/mol. The zero-order chi connectivity index (χ0) is 13.7. The number of aliphatic hydroxyl groups excluding tert-OH is 1. The molecule has 0 fully saturated rings. The summed E-state index contributed by atoms with van der Waals surface area (Å²) >= 11 is 1.53. The van der Waals surface area contributed by atoms with E-state index in [4.69, 9.17) is 9.84 Å². The fourth-order valence-corrected chi connectivity index (χ4v) is 2.52. The summed E-state index contributed by atoms with van der Waals surface area (Å²) in [6.45, 7) is 5.02. The molecule has 4 heteroatoms. The van der Waals surface area contributed by atoms with Crippen LogP contribution in [0.3, 0.4) is 0 Å². The van der Waals surface area contributed by atoms with Crippen molar-refractivity contribution in [2.24, 2.45) is 0 Å². The summed E-state index contributed by atoms with van der Waals surface area (Å²) in [4.78, 5) is 5.14. The molecule has 0 aliphatic carbocycles. The van der Waals surface area contributed by atoms with Gasteiger partial charge in [-0.05, 0) is 23.6 Å². The fourth-order valence-electron chi connectivity index (χ4n) is 1.76. The summed E-state index contributed by atoms with van der Waals surface area (Å²) in [5.74, 6) is 1.42. The number of hydrogen-bond acceptors (Lipinski definition) is 4. The third-order valence-corrected chi connectivity index (χ3v) is 3.91.